The quantitative estimate of drug-likeness (QED) is 0.830. The maximum atomic E-state index is 13.7. The van der Waals surface area contributed by atoms with E-state index in [4.69, 9.17) is 14.6 Å². The molecule has 0 saturated carbocycles. The average Bonchev–Trinajstić information content (AvgIpc) is 2.83. The minimum absolute atomic E-state index is 0.00569. The number of aryl methyl sites for hydroxylation is 1. The molecular weight excluding hydrogens is 289 g/mol. The van der Waals surface area contributed by atoms with Gasteiger partial charge in [-0.1, -0.05) is 0 Å². The third-order valence-electron chi connectivity index (χ3n) is 2.92. The van der Waals surface area contributed by atoms with Crippen molar-refractivity contribution in [3.05, 3.63) is 29.1 Å². The van der Waals surface area contributed by atoms with Crippen molar-refractivity contribution in [1.29, 1.82) is 0 Å². The second-order valence-electron chi connectivity index (χ2n) is 4.54. The normalized spacial score (nSPS) is 19.1. The summed E-state index contributed by atoms with van der Waals surface area (Å²) < 4.78 is 46.5. The molecule has 0 radical (unpaired) electrons. The van der Waals surface area contributed by atoms with Crippen LogP contribution in [0.5, 0.6) is 0 Å². The number of halogens is 1. The van der Waals surface area contributed by atoms with Gasteiger partial charge in [-0.3, -0.25) is 0 Å². The van der Waals surface area contributed by atoms with Crippen molar-refractivity contribution in [3.8, 4) is 0 Å². The van der Waals surface area contributed by atoms with E-state index in [0.29, 0.717) is 19.6 Å². The number of sulfonamides is 1. The Morgan fingerprint density at radius 3 is 2.75 bits per heavy atom. The highest BCUT2D eigenvalue weighted by molar-refractivity contribution is 7.89. The molecule has 0 aromatic heterocycles. The summed E-state index contributed by atoms with van der Waals surface area (Å²) in [4.78, 5) is 11.2. The van der Waals surface area contributed by atoms with E-state index < -0.39 is 26.7 Å². The van der Waals surface area contributed by atoms with E-state index >= 15 is 0 Å². The van der Waals surface area contributed by atoms with Crippen LogP contribution in [0.1, 0.15) is 22.3 Å². The minimum Gasteiger partial charge on any atom is -0.456 e. The number of nitrogens with two attached hydrogens (primary N) is 1. The van der Waals surface area contributed by atoms with Crippen molar-refractivity contribution in [2.24, 2.45) is 5.14 Å². The maximum Gasteiger partial charge on any atom is 0.338 e. The smallest absolute Gasteiger partial charge is 0.338 e. The summed E-state index contributed by atoms with van der Waals surface area (Å²) in [5, 5.41) is 4.92. The lowest BCUT2D eigenvalue weighted by Gasteiger charge is -2.12. The number of hydrogen-bond acceptors (Lipinski definition) is 5. The molecule has 6 nitrogen and oxygen atoms in total. The Bertz CT molecular complexity index is 637. The van der Waals surface area contributed by atoms with Crippen LogP contribution in [0.25, 0.3) is 0 Å². The first kappa shape index (κ1) is 14.9. The molecule has 0 bridgehead atoms. The molecule has 20 heavy (non-hydrogen) atoms. The van der Waals surface area contributed by atoms with Gasteiger partial charge in [-0.15, -0.1) is 0 Å². The molecule has 0 spiro atoms. The van der Waals surface area contributed by atoms with Gasteiger partial charge in [0, 0.05) is 6.42 Å². The van der Waals surface area contributed by atoms with Crippen LogP contribution in [0.2, 0.25) is 0 Å². The summed E-state index contributed by atoms with van der Waals surface area (Å²) in [6.07, 6.45) is 0.208. The van der Waals surface area contributed by atoms with Gasteiger partial charge in [0.1, 0.15) is 16.8 Å². The van der Waals surface area contributed by atoms with Crippen molar-refractivity contribution >= 4 is 16.0 Å². The molecule has 8 heteroatoms. The first-order chi connectivity index (χ1) is 9.29. The van der Waals surface area contributed by atoms with Crippen LogP contribution >= 0.6 is 0 Å². The molecular formula is C12H14FNO5S. The van der Waals surface area contributed by atoms with E-state index in [-0.39, 0.29) is 17.2 Å². The molecule has 2 rings (SSSR count). The van der Waals surface area contributed by atoms with E-state index in [2.05, 4.69) is 0 Å². The van der Waals surface area contributed by atoms with Crippen LogP contribution in [0.15, 0.2) is 17.0 Å². The fraction of sp³-hybridized carbons (Fsp3) is 0.417. The van der Waals surface area contributed by atoms with E-state index in [1.807, 2.05) is 0 Å². The lowest BCUT2D eigenvalue weighted by Crippen LogP contribution is -2.20. The summed E-state index contributed by atoms with van der Waals surface area (Å²) >= 11 is 0. The number of carbonyl (C=O) groups excluding carboxylic acids is 1. The molecule has 1 aromatic rings. The van der Waals surface area contributed by atoms with E-state index in [0.717, 1.165) is 6.07 Å². The van der Waals surface area contributed by atoms with Crippen LogP contribution in [0.4, 0.5) is 4.39 Å². The largest absolute Gasteiger partial charge is 0.456 e. The number of esters is 1. The topological polar surface area (TPSA) is 95.7 Å². The second kappa shape index (κ2) is 5.47. The van der Waals surface area contributed by atoms with E-state index in [9.17, 15) is 17.6 Å². The Labute approximate surface area is 115 Å². The van der Waals surface area contributed by atoms with Crippen LogP contribution in [0, 0.1) is 12.7 Å². The van der Waals surface area contributed by atoms with Crippen molar-refractivity contribution < 1.29 is 27.1 Å². The molecule has 1 saturated heterocycles. The van der Waals surface area contributed by atoms with Gasteiger partial charge >= 0.3 is 5.97 Å². The Balaban J connectivity index is 2.32. The maximum absolute atomic E-state index is 13.7. The van der Waals surface area contributed by atoms with Gasteiger partial charge < -0.3 is 9.47 Å². The van der Waals surface area contributed by atoms with Gasteiger partial charge in [-0.25, -0.2) is 22.7 Å². The molecule has 110 valence electrons. The number of benzene rings is 1. The summed E-state index contributed by atoms with van der Waals surface area (Å²) in [5.41, 5.74) is -0.0500. The highest BCUT2D eigenvalue weighted by Crippen LogP contribution is 2.21. The Morgan fingerprint density at radius 1 is 1.50 bits per heavy atom. The standard InChI is InChI=1S/C12H14FNO5S/c1-7-4-8(5-10(11(7)13)20(14,16)17)12(15)19-9-2-3-18-6-9/h4-5,9H,2-3,6H2,1H3,(H2,14,16,17). The van der Waals surface area contributed by atoms with Crippen molar-refractivity contribution in [2.75, 3.05) is 13.2 Å². The molecule has 1 fully saturated rings. The van der Waals surface area contributed by atoms with Crippen molar-refractivity contribution in [3.63, 3.8) is 0 Å². The molecule has 1 heterocycles. The predicted octanol–water partition coefficient (Wildman–Crippen LogP) is 0.727. The summed E-state index contributed by atoms with van der Waals surface area (Å²) in [6, 6.07) is 2.11. The minimum atomic E-state index is -4.25. The second-order valence-corrected chi connectivity index (χ2v) is 6.07. The summed E-state index contributed by atoms with van der Waals surface area (Å²) in [7, 11) is -4.25. The first-order valence-corrected chi connectivity index (χ1v) is 7.45. The van der Waals surface area contributed by atoms with E-state index in [1.165, 1.54) is 13.0 Å². The molecule has 1 atom stereocenters. The fourth-order valence-electron chi connectivity index (χ4n) is 1.89. The van der Waals surface area contributed by atoms with Gasteiger partial charge in [-0.05, 0) is 24.6 Å². The molecule has 0 aliphatic carbocycles. The van der Waals surface area contributed by atoms with Gasteiger partial charge in [0.2, 0.25) is 10.0 Å². The molecule has 1 aromatic carbocycles. The van der Waals surface area contributed by atoms with Crippen LogP contribution in [0.3, 0.4) is 0 Å². The molecule has 1 aliphatic heterocycles. The van der Waals surface area contributed by atoms with Crippen molar-refractivity contribution in [2.45, 2.75) is 24.3 Å². The lowest BCUT2D eigenvalue weighted by atomic mass is 10.1. The summed E-state index contributed by atoms with van der Waals surface area (Å²) in [6.45, 7) is 2.15. The lowest BCUT2D eigenvalue weighted by molar-refractivity contribution is 0.0270. The molecule has 0 amide bonds. The van der Waals surface area contributed by atoms with E-state index in [1.54, 1.807) is 0 Å². The average molecular weight is 303 g/mol. The van der Waals surface area contributed by atoms with Crippen LogP contribution in [-0.2, 0) is 19.5 Å². The highest BCUT2D eigenvalue weighted by Gasteiger charge is 2.24. The van der Waals surface area contributed by atoms with Crippen LogP contribution in [-0.4, -0.2) is 33.7 Å². The number of hydrogen-bond donors (Lipinski definition) is 1. The Hall–Kier alpha value is -1.51. The SMILES string of the molecule is Cc1cc(C(=O)OC2CCOC2)cc(S(N)(=O)=O)c1F. The van der Waals surface area contributed by atoms with Gasteiger partial charge in [0.25, 0.3) is 0 Å². The van der Waals surface area contributed by atoms with Crippen molar-refractivity contribution in [1.82, 2.24) is 0 Å². The number of primary sulfonamides is 1. The third-order valence-corrected chi connectivity index (χ3v) is 3.84. The van der Waals surface area contributed by atoms with Gasteiger partial charge in [-0.2, -0.15) is 0 Å². The number of rotatable bonds is 3. The number of ether oxygens (including phenoxy) is 2. The van der Waals surface area contributed by atoms with Crippen LogP contribution < -0.4 is 5.14 Å². The summed E-state index contributed by atoms with van der Waals surface area (Å²) in [5.74, 6) is -1.69. The number of carbonyl (C=O) groups is 1. The first-order valence-electron chi connectivity index (χ1n) is 5.90. The van der Waals surface area contributed by atoms with Gasteiger partial charge in [0.05, 0.1) is 18.8 Å². The highest BCUT2D eigenvalue weighted by atomic mass is 32.2. The zero-order valence-corrected chi connectivity index (χ0v) is 11.6. The monoisotopic (exact) mass is 303 g/mol. The predicted molar refractivity (Wildman–Crippen MR) is 67.1 cm³/mol. The molecule has 2 N–H and O–H groups in total. The zero-order valence-electron chi connectivity index (χ0n) is 10.8. The van der Waals surface area contributed by atoms with Gasteiger partial charge in [0.15, 0.2) is 0 Å². The fourth-order valence-corrected chi connectivity index (χ4v) is 2.59. The third kappa shape index (κ3) is 3.14. The molecule has 1 unspecified atom stereocenters. The zero-order chi connectivity index (χ0) is 14.9. The molecule has 1 aliphatic rings. The Kier molecular flexibility index (Phi) is 4.07. The Morgan fingerprint density at radius 2 is 2.20 bits per heavy atom.